The Balaban J connectivity index is 2.62. The second-order valence-corrected chi connectivity index (χ2v) is 3.96. The van der Waals surface area contributed by atoms with Crippen molar-refractivity contribution in [3.63, 3.8) is 0 Å². The Morgan fingerprint density at radius 2 is 2.06 bits per heavy atom. The molecule has 0 bridgehead atoms. The Kier molecular flexibility index (Phi) is 5.06. The highest BCUT2D eigenvalue weighted by Crippen LogP contribution is 2.10. The molecule has 1 aromatic rings. The maximum absolute atomic E-state index is 11.9. The van der Waals surface area contributed by atoms with E-state index in [0.717, 1.165) is 5.56 Å². The minimum atomic E-state index is 0.115. The maximum Gasteiger partial charge on any atom is 0.227 e. The topological polar surface area (TPSA) is 20.3 Å². The standard InChI is InChI=1S/C13H16ClNO/c1-3-9-15(4-2)13(16)10-11-5-7-12(14)8-6-11/h3,5-8H,1,4,9-10H2,2H3. The van der Waals surface area contributed by atoms with Crippen LogP contribution in [0.2, 0.25) is 5.02 Å². The molecule has 3 heteroatoms. The van der Waals surface area contributed by atoms with Crippen molar-refractivity contribution in [2.75, 3.05) is 13.1 Å². The highest BCUT2D eigenvalue weighted by atomic mass is 35.5. The Bertz CT molecular complexity index is 359. The molecule has 2 nitrogen and oxygen atoms in total. The first kappa shape index (κ1) is 12.8. The predicted octanol–water partition coefficient (Wildman–Crippen LogP) is 2.92. The first-order valence-electron chi connectivity index (χ1n) is 5.30. The number of carbonyl (C=O) groups is 1. The van der Waals surface area contributed by atoms with Crippen LogP contribution in [0.15, 0.2) is 36.9 Å². The van der Waals surface area contributed by atoms with Crippen molar-refractivity contribution in [1.82, 2.24) is 4.90 Å². The number of hydrogen-bond donors (Lipinski definition) is 0. The Morgan fingerprint density at radius 3 is 2.56 bits per heavy atom. The largest absolute Gasteiger partial charge is 0.339 e. The summed E-state index contributed by atoms with van der Waals surface area (Å²) in [5, 5.41) is 0.689. The van der Waals surface area contributed by atoms with Gasteiger partial charge < -0.3 is 4.90 Å². The van der Waals surface area contributed by atoms with Crippen LogP contribution in [0.3, 0.4) is 0 Å². The van der Waals surface area contributed by atoms with E-state index in [-0.39, 0.29) is 5.91 Å². The predicted molar refractivity (Wildman–Crippen MR) is 67.6 cm³/mol. The third-order valence-electron chi connectivity index (χ3n) is 2.35. The van der Waals surface area contributed by atoms with Crippen molar-refractivity contribution in [2.24, 2.45) is 0 Å². The average molecular weight is 238 g/mol. The summed E-state index contributed by atoms with van der Waals surface area (Å²) in [6.45, 7) is 6.91. The third kappa shape index (κ3) is 3.70. The monoisotopic (exact) mass is 237 g/mol. The van der Waals surface area contributed by atoms with Gasteiger partial charge in [-0.1, -0.05) is 29.8 Å². The summed E-state index contributed by atoms with van der Waals surface area (Å²) in [7, 11) is 0. The van der Waals surface area contributed by atoms with Crippen molar-refractivity contribution >= 4 is 17.5 Å². The number of amides is 1. The minimum absolute atomic E-state index is 0.115. The van der Waals surface area contributed by atoms with E-state index in [4.69, 9.17) is 11.6 Å². The molecule has 0 spiro atoms. The van der Waals surface area contributed by atoms with E-state index in [9.17, 15) is 4.79 Å². The fourth-order valence-electron chi connectivity index (χ4n) is 1.45. The summed E-state index contributed by atoms with van der Waals surface area (Å²) in [5.74, 6) is 0.115. The van der Waals surface area contributed by atoms with E-state index in [2.05, 4.69) is 6.58 Å². The number of hydrogen-bond acceptors (Lipinski definition) is 1. The van der Waals surface area contributed by atoms with Crippen molar-refractivity contribution in [3.8, 4) is 0 Å². The third-order valence-corrected chi connectivity index (χ3v) is 2.60. The zero-order valence-corrected chi connectivity index (χ0v) is 10.2. The van der Waals surface area contributed by atoms with Crippen LogP contribution < -0.4 is 0 Å². The average Bonchev–Trinajstić information content (AvgIpc) is 2.29. The van der Waals surface area contributed by atoms with Gasteiger partial charge in [-0.3, -0.25) is 4.79 Å². The van der Waals surface area contributed by atoms with Crippen LogP contribution in [0.4, 0.5) is 0 Å². The van der Waals surface area contributed by atoms with Gasteiger partial charge in [0.15, 0.2) is 0 Å². The second kappa shape index (κ2) is 6.33. The molecule has 86 valence electrons. The SMILES string of the molecule is C=CCN(CC)C(=O)Cc1ccc(Cl)cc1. The van der Waals surface area contributed by atoms with Gasteiger partial charge >= 0.3 is 0 Å². The first-order valence-corrected chi connectivity index (χ1v) is 5.68. The van der Waals surface area contributed by atoms with Crippen molar-refractivity contribution in [1.29, 1.82) is 0 Å². The molecule has 0 atom stereocenters. The van der Waals surface area contributed by atoms with Crippen molar-refractivity contribution in [2.45, 2.75) is 13.3 Å². The molecule has 0 aliphatic carbocycles. The molecule has 0 aliphatic rings. The van der Waals surface area contributed by atoms with Crippen LogP contribution in [-0.4, -0.2) is 23.9 Å². The molecule has 0 unspecified atom stereocenters. The van der Waals surface area contributed by atoms with E-state index in [1.807, 2.05) is 19.1 Å². The lowest BCUT2D eigenvalue weighted by molar-refractivity contribution is -0.129. The van der Waals surface area contributed by atoms with Crippen LogP contribution in [0.5, 0.6) is 0 Å². The van der Waals surface area contributed by atoms with Crippen LogP contribution in [0, 0.1) is 0 Å². The summed E-state index contributed by atoms with van der Waals surface area (Å²) in [5.41, 5.74) is 0.983. The molecule has 0 aromatic heterocycles. The molecule has 0 radical (unpaired) electrons. The summed E-state index contributed by atoms with van der Waals surface area (Å²) < 4.78 is 0. The van der Waals surface area contributed by atoms with E-state index in [0.29, 0.717) is 24.5 Å². The summed E-state index contributed by atoms with van der Waals surface area (Å²) in [6, 6.07) is 7.35. The number of halogens is 1. The van der Waals surface area contributed by atoms with Gasteiger partial charge in [-0.15, -0.1) is 6.58 Å². The van der Waals surface area contributed by atoms with E-state index < -0.39 is 0 Å². The summed E-state index contributed by atoms with van der Waals surface area (Å²) in [6.07, 6.45) is 2.15. The molecular formula is C13H16ClNO. The fourth-order valence-corrected chi connectivity index (χ4v) is 1.58. The van der Waals surface area contributed by atoms with Gasteiger partial charge in [0.25, 0.3) is 0 Å². The van der Waals surface area contributed by atoms with E-state index in [1.54, 1.807) is 23.1 Å². The second-order valence-electron chi connectivity index (χ2n) is 3.52. The van der Waals surface area contributed by atoms with E-state index >= 15 is 0 Å². The van der Waals surface area contributed by atoms with Crippen molar-refractivity contribution < 1.29 is 4.79 Å². The molecule has 0 fully saturated rings. The molecule has 1 amide bonds. The highest BCUT2D eigenvalue weighted by molar-refractivity contribution is 6.30. The van der Waals surface area contributed by atoms with Gasteiger partial charge in [0.1, 0.15) is 0 Å². The molecule has 1 aromatic carbocycles. The minimum Gasteiger partial charge on any atom is -0.339 e. The quantitative estimate of drug-likeness (QED) is 0.722. The van der Waals surface area contributed by atoms with Crippen LogP contribution in [0.1, 0.15) is 12.5 Å². The van der Waals surface area contributed by atoms with E-state index in [1.165, 1.54) is 0 Å². The lowest BCUT2D eigenvalue weighted by atomic mass is 10.1. The highest BCUT2D eigenvalue weighted by Gasteiger charge is 2.10. The lowest BCUT2D eigenvalue weighted by Crippen LogP contribution is -2.32. The molecule has 1 rings (SSSR count). The first-order chi connectivity index (χ1) is 7.67. The van der Waals surface area contributed by atoms with Gasteiger partial charge in [0, 0.05) is 18.1 Å². The Morgan fingerprint density at radius 1 is 1.44 bits per heavy atom. The molecular weight excluding hydrogens is 222 g/mol. The number of rotatable bonds is 5. The van der Waals surface area contributed by atoms with Gasteiger partial charge in [-0.2, -0.15) is 0 Å². The molecule has 0 N–H and O–H groups in total. The molecule has 0 aliphatic heterocycles. The normalized spacial score (nSPS) is 9.88. The fraction of sp³-hybridized carbons (Fsp3) is 0.308. The maximum atomic E-state index is 11.9. The van der Waals surface area contributed by atoms with Crippen LogP contribution in [-0.2, 0) is 11.2 Å². The number of carbonyl (C=O) groups excluding carboxylic acids is 1. The van der Waals surface area contributed by atoms with Crippen LogP contribution in [0.25, 0.3) is 0 Å². The Hall–Kier alpha value is -1.28. The zero-order valence-electron chi connectivity index (χ0n) is 9.45. The summed E-state index contributed by atoms with van der Waals surface area (Å²) >= 11 is 5.78. The molecule has 0 saturated heterocycles. The Labute approximate surface area is 102 Å². The van der Waals surface area contributed by atoms with Gasteiger partial charge in [0.05, 0.1) is 6.42 Å². The van der Waals surface area contributed by atoms with Gasteiger partial charge in [-0.05, 0) is 24.6 Å². The number of likely N-dealkylation sites (N-methyl/N-ethyl adjacent to an activating group) is 1. The lowest BCUT2D eigenvalue weighted by Gasteiger charge is -2.18. The smallest absolute Gasteiger partial charge is 0.227 e. The molecule has 0 saturated carbocycles. The number of nitrogens with zero attached hydrogens (tertiary/aromatic N) is 1. The van der Waals surface area contributed by atoms with Gasteiger partial charge in [0.2, 0.25) is 5.91 Å². The molecule has 16 heavy (non-hydrogen) atoms. The summed E-state index contributed by atoms with van der Waals surface area (Å²) in [4.78, 5) is 13.6. The number of benzene rings is 1. The van der Waals surface area contributed by atoms with Crippen LogP contribution >= 0.6 is 11.6 Å². The van der Waals surface area contributed by atoms with Gasteiger partial charge in [-0.25, -0.2) is 0 Å². The molecule has 0 heterocycles. The van der Waals surface area contributed by atoms with Crippen molar-refractivity contribution in [3.05, 3.63) is 47.5 Å². The zero-order chi connectivity index (χ0) is 12.0.